The lowest BCUT2D eigenvalue weighted by molar-refractivity contribution is -0.137. The Bertz CT molecular complexity index is 830. The molecule has 1 fully saturated rings. The summed E-state index contributed by atoms with van der Waals surface area (Å²) in [5, 5.41) is 9.04. The molecular formula is C19H17F4N3S. The molecule has 0 saturated carbocycles. The first kappa shape index (κ1) is 19.5. The van der Waals surface area contributed by atoms with Crippen LogP contribution in [-0.2, 0) is 6.18 Å². The molecule has 3 rings (SSSR count). The summed E-state index contributed by atoms with van der Waals surface area (Å²) in [7, 11) is 0. The first-order chi connectivity index (χ1) is 12.9. The van der Waals surface area contributed by atoms with E-state index in [0.717, 1.165) is 10.6 Å². The largest absolute Gasteiger partial charge is 0.419 e. The number of alkyl halides is 3. The van der Waals surface area contributed by atoms with Crippen LogP contribution in [0.5, 0.6) is 0 Å². The van der Waals surface area contributed by atoms with Gasteiger partial charge in [-0.05, 0) is 36.4 Å². The zero-order chi connectivity index (χ0) is 19.4. The van der Waals surface area contributed by atoms with Crippen molar-refractivity contribution in [1.82, 2.24) is 4.90 Å². The maximum atomic E-state index is 13.4. The fraction of sp³-hybridized carbons (Fsp3) is 0.316. The Morgan fingerprint density at radius 2 is 1.81 bits per heavy atom. The van der Waals surface area contributed by atoms with E-state index in [1.807, 2.05) is 0 Å². The molecule has 1 aliphatic heterocycles. The molecule has 0 bridgehead atoms. The van der Waals surface area contributed by atoms with Crippen molar-refractivity contribution in [3.05, 3.63) is 59.4 Å². The Balaban J connectivity index is 1.63. The van der Waals surface area contributed by atoms with E-state index in [9.17, 15) is 17.6 Å². The van der Waals surface area contributed by atoms with Crippen LogP contribution in [-0.4, -0.2) is 37.0 Å². The number of hydrogen-bond acceptors (Lipinski definition) is 4. The van der Waals surface area contributed by atoms with E-state index < -0.39 is 11.7 Å². The van der Waals surface area contributed by atoms with Gasteiger partial charge in [-0.3, -0.25) is 4.90 Å². The van der Waals surface area contributed by atoms with E-state index >= 15 is 0 Å². The number of halogens is 4. The fourth-order valence-electron chi connectivity index (χ4n) is 3.04. The molecule has 27 heavy (non-hydrogen) atoms. The molecule has 0 aromatic heterocycles. The first-order valence-electron chi connectivity index (χ1n) is 8.34. The number of benzene rings is 2. The number of hydrogen-bond donors (Lipinski definition) is 0. The Morgan fingerprint density at radius 3 is 2.48 bits per heavy atom. The van der Waals surface area contributed by atoms with Crippen molar-refractivity contribution in [2.45, 2.75) is 11.1 Å². The second-order valence-electron chi connectivity index (χ2n) is 6.13. The lowest BCUT2D eigenvalue weighted by Crippen LogP contribution is -2.28. The summed E-state index contributed by atoms with van der Waals surface area (Å²) >= 11 is 1.58. The normalized spacial score (nSPS) is 15.1. The molecular weight excluding hydrogens is 378 g/mol. The molecule has 1 heterocycles. The average Bonchev–Trinajstić information content (AvgIpc) is 3.11. The summed E-state index contributed by atoms with van der Waals surface area (Å²) in [6, 6.07) is 12.0. The van der Waals surface area contributed by atoms with Crippen LogP contribution < -0.4 is 4.90 Å². The number of rotatable bonds is 5. The molecule has 142 valence electrons. The molecule has 2 aromatic carbocycles. The van der Waals surface area contributed by atoms with E-state index in [1.165, 1.54) is 30.3 Å². The summed E-state index contributed by atoms with van der Waals surface area (Å²) in [6.45, 7) is 2.21. The molecule has 8 heteroatoms. The predicted octanol–water partition coefficient (Wildman–Crippen LogP) is 4.59. The van der Waals surface area contributed by atoms with E-state index in [2.05, 4.69) is 4.90 Å². The van der Waals surface area contributed by atoms with Gasteiger partial charge >= 0.3 is 6.18 Å². The van der Waals surface area contributed by atoms with Crippen LogP contribution in [0.4, 0.5) is 23.2 Å². The van der Waals surface area contributed by atoms with Gasteiger partial charge in [0.2, 0.25) is 0 Å². The summed E-state index contributed by atoms with van der Waals surface area (Å²) in [4.78, 5) is 4.68. The van der Waals surface area contributed by atoms with Crippen LogP contribution in [0.1, 0.15) is 11.1 Å². The van der Waals surface area contributed by atoms with Crippen molar-refractivity contribution in [2.75, 3.05) is 37.0 Å². The molecule has 1 aliphatic rings. The Hall–Kier alpha value is -2.24. The highest BCUT2D eigenvalue weighted by Gasteiger charge is 2.38. The maximum absolute atomic E-state index is 13.4. The zero-order valence-corrected chi connectivity index (χ0v) is 15.2. The van der Waals surface area contributed by atoms with Crippen LogP contribution in [0.2, 0.25) is 0 Å². The van der Waals surface area contributed by atoms with Crippen molar-refractivity contribution in [2.24, 2.45) is 0 Å². The van der Waals surface area contributed by atoms with Gasteiger partial charge in [0.15, 0.2) is 0 Å². The van der Waals surface area contributed by atoms with Crippen molar-refractivity contribution >= 4 is 17.4 Å². The number of nitrogens with zero attached hydrogens (tertiary/aromatic N) is 3. The van der Waals surface area contributed by atoms with Gasteiger partial charge in [-0.1, -0.05) is 6.07 Å². The third kappa shape index (κ3) is 4.73. The summed E-state index contributed by atoms with van der Waals surface area (Å²) in [5.41, 5.74) is -1.17. The molecule has 0 N–H and O–H groups in total. The number of anilines is 1. The van der Waals surface area contributed by atoms with Crippen LogP contribution in [0.15, 0.2) is 47.4 Å². The summed E-state index contributed by atoms with van der Waals surface area (Å²) in [6.07, 6.45) is -4.58. The van der Waals surface area contributed by atoms with Gasteiger partial charge in [-0.2, -0.15) is 18.4 Å². The minimum atomic E-state index is -4.58. The van der Waals surface area contributed by atoms with Gasteiger partial charge in [0.05, 0.1) is 29.6 Å². The monoisotopic (exact) mass is 395 g/mol. The van der Waals surface area contributed by atoms with Gasteiger partial charge in [-0.15, -0.1) is 11.8 Å². The molecule has 3 nitrogen and oxygen atoms in total. The van der Waals surface area contributed by atoms with E-state index in [1.54, 1.807) is 34.9 Å². The van der Waals surface area contributed by atoms with Crippen molar-refractivity contribution in [3.8, 4) is 6.07 Å². The van der Waals surface area contributed by atoms with Crippen LogP contribution in [0, 0.1) is 17.1 Å². The Kier molecular flexibility index (Phi) is 5.92. The smallest absolute Gasteiger partial charge is 0.357 e. The first-order valence-corrected chi connectivity index (χ1v) is 9.33. The van der Waals surface area contributed by atoms with Crippen LogP contribution in [0.3, 0.4) is 0 Å². The van der Waals surface area contributed by atoms with E-state index in [-0.39, 0.29) is 17.1 Å². The lowest BCUT2D eigenvalue weighted by Gasteiger charge is -2.24. The topological polar surface area (TPSA) is 30.3 Å². The molecule has 0 spiro atoms. The second-order valence-corrected chi connectivity index (χ2v) is 7.30. The van der Waals surface area contributed by atoms with Crippen molar-refractivity contribution in [1.29, 1.82) is 5.26 Å². The molecule has 0 unspecified atom stereocenters. The minimum absolute atomic E-state index is 0.0511. The quantitative estimate of drug-likeness (QED) is 0.547. The molecule has 0 aliphatic carbocycles. The van der Waals surface area contributed by atoms with Crippen LogP contribution in [0.25, 0.3) is 0 Å². The lowest BCUT2D eigenvalue weighted by atomic mass is 10.0. The predicted molar refractivity (Wildman–Crippen MR) is 97.1 cm³/mol. The standard InChI is InChI=1S/C19H17F4N3S/c20-15-4-6-16(7-5-15)27-11-10-25-8-9-26(13-25)17-3-1-2-14(12-24)18(17)19(21,22)23/h1-7H,8-11,13H2. The molecule has 2 aromatic rings. The third-order valence-corrected chi connectivity index (χ3v) is 5.33. The van der Waals surface area contributed by atoms with Gasteiger partial charge in [0.1, 0.15) is 5.82 Å². The molecule has 1 saturated heterocycles. The third-order valence-electron chi connectivity index (χ3n) is 4.33. The highest BCUT2D eigenvalue weighted by Crippen LogP contribution is 2.39. The maximum Gasteiger partial charge on any atom is 0.419 e. The molecule has 0 radical (unpaired) electrons. The van der Waals surface area contributed by atoms with Gasteiger partial charge in [0.25, 0.3) is 0 Å². The Labute approximate surface area is 159 Å². The number of nitriles is 1. The van der Waals surface area contributed by atoms with Gasteiger partial charge in [-0.25, -0.2) is 4.39 Å². The van der Waals surface area contributed by atoms with E-state index in [4.69, 9.17) is 5.26 Å². The van der Waals surface area contributed by atoms with Gasteiger partial charge in [0, 0.05) is 30.3 Å². The van der Waals surface area contributed by atoms with Crippen molar-refractivity contribution < 1.29 is 17.6 Å². The summed E-state index contributed by atoms with van der Waals surface area (Å²) < 4.78 is 53.2. The average molecular weight is 395 g/mol. The Morgan fingerprint density at radius 1 is 1.07 bits per heavy atom. The molecule has 0 atom stereocenters. The fourth-order valence-corrected chi connectivity index (χ4v) is 3.96. The highest BCUT2D eigenvalue weighted by molar-refractivity contribution is 7.99. The summed E-state index contributed by atoms with van der Waals surface area (Å²) in [5.74, 6) is 0.471. The van der Waals surface area contributed by atoms with Gasteiger partial charge < -0.3 is 4.90 Å². The second kappa shape index (κ2) is 8.19. The zero-order valence-electron chi connectivity index (χ0n) is 14.3. The van der Waals surface area contributed by atoms with Crippen molar-refractivity contribution in [3.63, 3.8) is 0 Å². The van der Waals surface area contributed by atoms with Crippen LogP contribution >= 0.6 is 11.8 Å². The number of thioether (sulfide) groups is 1. The van der Waals surface area contributed by atoms with E-state index in [0.29, 0.717) is 26.3 Å². The molecule has 0 amide bonds. The minimum Gasteiger partial charge on any atom is -0.357 e. The SMILES string of the molecule is N#Cc1cccc(N2CCN(CCSc3ccc(F)cc3)C2)c1C(F)(F)F. The highest BCUT2D eigenvalue weighted by atomic mass is 32.2.